The monoisotopic (exact) mass is 300 g/mol. The van der Waals surface area contributed by atoms with Crippen molar-refractivity contribution in [3.63, 3.8) is 0 Å². The highest BCUT2D eigenvalue weighted by molar-refractivity contribution is 5.74. The minimum absolute atomic E-state index is 0.0262. The minimum Gasteiger partial charge on any atom is -0.436 e. The van der Waals surface area contributed by atoms with Gasteiger partial charge in [0.2, 0.25) is 11.8 Å². The van der Waals surface area contributed by atoms with Gasteiger partial charge in [-0.25, -0.2) is 9.37 Å². The summed E-state index contributed by atoms with van der Waals surface area (Å²) in [5.74, 6) is 0.0886. The van der Waals surface area contributed by atoms with Crippen molar-refractivity contribution in [1.82, 2.24) is 9.88 Å². The molecule has 1 aromatic heterocycles. The van der Waals surface area contributed by atoms with Crippen LogP contribution in [0.3, 0.4) is 0 Å². The lowest BCUT2D eigenvalue weighted by atomic mass is 10.1. The Morgan fingerprint density at radius 1 is 1.27 bits per heavy atom. The van der Waals surface area contributed by atoms with Crippen molar-refractivity contribution in [2.24, 2.45) is 0 Å². The van der Waals surface area contributed by atoms with Crippen molar-refractivity contribution in [3.05, 3.63) is 54.0 Å². The molecule has 0 saturated carbocycles. The van der Waals surface area contributed by atoms with Gasteiger partial charge in [0.1, 0.15) is 0 Å². The zero-order chi connectivity index (χ0) is 15.5. The van der Waals surface area contributed by atoms with E-state index < -0.39 is 5.82 Å². The van der Waals surface area contributed by atoms with E-state index >= 15 is 0 Å². The van der Waals surface area contributed by atoms with Gasteiger partial charge >= 0.3 is 0 Å². The van der Waals surface area contributed by atoms with E-state index in [1.54, 1.807) is 31.2 Å². The van der Waals surface area contributed by atoms with E-state index in [4.69, 9.17) is 4.74 Å². The van der Waals surface area contributed by atoms with E-state index in [9.17, 15) is 9.18 Å². The Labute approximate surface area is 128 Å². The van der Waals surface area contributed by atoms with Gasteiger partial charge in [-0.1, -0.05) is 18.2 Å². The van der Waals surface area contributed by atoms with Crippen LogP contribution < -0.4 is 4.74 Å². The van der Waals surface area contributed by atoms with Crippen LogP contribution in [0.15, 0.2) is 42.5 Å². The highest BCUT2D eigenvalue weighted by Crippen LogP contribution is 2.32. The molecule has 1 aliphatic heterocycles. The van der Waals surface area contributed by atoms with Gasteiger partial charge in [-0.15, -0.1) is 0 Å². The lowest BCUT2D eigenvalue weighted by Crippen LogP contribution is -2.28. The molecule has 1 amide bonds. The topological polar surface area (TPSA) is 42.4 Å². The number of nitrogens with zero attached hydrogens (tertiary/aromatic N) is 2. The van der Waals surface area contributed by atoms with Gasteiger partial charge < -0.3 is 9.64 Å². The number of rotatable bonds is 3. The zero-order valence-corrected chi connectivity index (χ0v) is 12.3. The zero-order valence-electron chi connectivity index (χ0n) is 12.3. The highest BCUT2D eigenvalue weighted by Gasteiger charge is 2.29. The van der Waals surface area contributed by atoms with Gasteiger partial charge in [0.15, 0.2) is 11.6 Å². The molecule has 1 unspecified atom stereocenters. The third-order valence-corrected chi connectivity index (χ3v) is 3.79. The molecule has 1 aliphatic rings. The number of hydrogen-bond acceptors (Lipinski definition) is 3. The summed E-state index contributed by atoms with van der Waals surface area (Å²) in [7, 11) is 0. The number of halogens is 1. The summed E-state index contributed by atoms with van der Waals surface area (Å²) in [4.78, 5) is 17.9. The molecule has 2 aromatic rings. The van der Waals surface area contributed by atoms with Gasteiger partial charge in [0, 0.05) is 19.5 Å². The van der Waals surface area contributed by atoms with Crippen LogP contribution >= 0.6 is 0 Å². The molecule has 114 valence electrons. The molecule has 1 fully saturated rings. The Morgan fingerprint density at radius 2 is 2.09 bits per heavy atom. The van der Waals surface area contributed by atoms with E-state index in [1.807, 2.05) is 17.0 Å². The van der Waals surface area contributed by atoms with Crippen molar-refractivity contribution < 1.29 is 13.9 Å². The van der Waals surface area contributed by atoms with Crippen LogP contribution in [0, 0.1) is 5.82 Å². The molecule has 3 rings (SSSR count). The number of hydrogen-bond donors (Lipinski definition) is 0. The average molecular weight is 300 g/mol. The third-order valence-electron chi connectivity index (χ3n) is 3.79. The lowest BCUT2D eigenvalue weighted by Gasteiger charge is -2.23. The van der Waals surface area contributed by atoms with Crippen LogP contribution in [0.25, 0.3) is 0 Å². The second-order valence-electron chi connectivity index (χ2n) is 5.30. The van der Waals surface area contributed by atoms with Gasteiger partial charge in [-0.05, 0) is 31.0 Å². The molecule has 1 atom stereocenters. The largest absolute Gasteiger partial charge is 0.436 e. The van der Waals surface area contributed by atoms with E-state index in [0.717, 1.165) is 25.1 Å². The summed E-state index contributed by atoms with van der Waals surface area (Å²) in [5, 5.41) is 0. The number of likely N-dealkylation sites (tertiary alicyclic amines) is 1. The maximum absolute atomic E-state index is 13.6. The maximum Gasteiger partial charge on any atom is 0.220 e. The Kier molecular flexibility index (Phi) is 4.04. The summed E-state index contributed by atoms with van der Waals surface area (Å²) >= 11 is 0. The number of pyridine rings is 1. The molecule has 5 heteroatoms. The van der Waals surface area contributed by atoms with E-state index in [0.29, 0.717) is 5.88 Å². The Balaban J connectivity index is 1.84. The Bertz CT molecular complexity index is 690. The van der Waals surface area contributed by atoms with Gasteiger partial charge in [0.05, 0.1) is 11.7 Å². The second-order valence-corrected chi connectivity index (χ2v) is 5.30. The van der Waals surface area contributed by atoms with E-state index in [-0.39, 0.29) is 17.7 Å². The molecular formula is C17H17FN2O2. The van der Waals surface area contributed by atoms with Crippen molar-refractivity contribution in [3.8, 4) is 11.6 Å². The minimum atomic E-state index is -0.430. The molecule has 2 heterocycles. The smallest absolute Gasteiger partial charge is 0.220 e. The Hall–Kier alpha value is -2.43. The first-order valence-electron chi connectivity index (χ1n) is 7.31. The van der Waals surface area contributed by atoms with Crippen molar-refractivity contribution >= 4 is 5.91 Å². The summed E-state index contributed by atoms with van der Waals surface area (Å²) < 4.78 is 19.2. The van der Waals surface area contributed by atoms with Gasteiger partial charge in [-0.2, -0.15) is 0 Å². The molecule has 0 spiro atoms. The number of ether oxygens (including phenoxy) is 1. The number of aromatic nitrogens is 1. The summed E-state index contributed by atoms with van der Waals surface area (Å²) in [6.07, 6.45) is 1.85. The summed E-state index contributed by atoms with van der Waals surface area (Å²) in [5.41, 5.74) is 0.779. The fraction of sp³-hybridized carbons (Fsp3) is 0.294. The quantitative estimate of drug-likeness (QED) is 0.868. The molecule has 22 heavy (non-hydrogen) atoms. The van der Waals surface area contributed by atoms with Crippen LogP contribution in [0.2, 0.25) is 0 Å². The SMILES string of the molecule is CC(=O)N1CCCC1c1cccc(Oc2ccccc2F)n1. The molecule has 1 saturated heterocycles. The van der Waals surface area contributed by atoms with Crippen LogP contribution in [-0.4, -0.2) is 22.3 Å². The van der Waals surface area contributed by atoms with Crippen LogP contribution in [-0.2, 0) is 4.79 Å². The fourth-order valence-corrected chi connectivity index (χ4v) is 2.76. The molecule has 0 aliphatic carbocycles. The van der Waals surface area contributed by atoms with Gasteiger partial charge in [-0.3, -0.25) is 4.79 Å². The van der Waals surface area contributed by atoms with Crippen molar-refractivity contribution in [2.45, 2.75) is 25.8 Å². The first kappa shape index (κ1) is 14.5. The molecule has 1 aromatic carbocycles. The number of carbonyl (C=O) groups excluding carboxylic acids is 1. The standard InChI is InChI=1S/C17H17FN2O2/c1-12(21)20-11-5-8-15(20)14-7-4-10-17(19-14)22-16-9-3-2-6-13(16)18/h2-4,6-7,9-10,15H,5,8,11H2,1H3. The van der Waals surface area contributed by atoms with E-state index in [2.05, 4.69) is 4.98 Å². The highest BCUT2D eigenvalue weighted by atomic mass is 19.1. The fourth-order valence-electron chi connectivity index (χ4n) is 2.76. The van der Waals surface area contributed by atoms with Crippen molar-refractivity contribution in [1.29, 1.82) is 0 Å². The molecule has 4 nitrogen and oxygen atoms in total. The number of carbonyl (C=O) groups is 1. The molecule has 0 N–H and O–H groups in total. The van der Waals surface area contributed by atoms with E-state index in [1.165, 1.54) is 6.07 Å². The van der Waals surface area contributed by atoms with Gasteiger partial charge in [0.25, 0.3) is 0 Å². The number of benzene rings is 1. The molecule has 0 bridgehead atoms. The number of para-hydroxylation sites is 1. The Morgan fingerprint density at radius 3 is 2.86 bits per heavy atom. The van der Waals surface area contributed by atoms with Crippen LogP contribution in [0.5, 0.6) is 11.6 Å². The third kappa shape index (κ3) is 2.93. The summed E-state index contributed by atoms with van der Waals surface area (Å²) in [6.45, 7) is 2.32. The maximum atomic E-state index is 13.6. The molecule has 0 radical (unpaired) electrons. The first-order valence-corrected chi connectivity index (χ1v) is 7.31. The predicted molar refractivity (Wildman–Crippen MR) is 80.1 cm³/mol. The predicted octanol–water partition coefficient (Wildman–Crippen LogP) is 3.70. The first-order chi connectivity index (χ1) is 10.6. The van der Waals surface area contributed by atoms with Crippen LogP contribution in [0.4, 0.5) is 4.39 Å². The van der Waals surface area contributed by atoms with Crippen LogP contribution in [0.1, 0.15) is 31.5 Å². The number of amides is 1. The molecular weight excluding hydrogens is 283 g/mol. The normalized spacial score (nSPS) is 17.5. The second kappa shape index (κ2) is 6.13. The average Bonchev–Trinajstić information content (AvgIpc) is 3.00. The summed E-state index contributed by atoms with van der Waals surface area (Å²) in [6, 6.07) is 11.6. The van der Waals surface area contributed by atoms with Crippen molar-refractivity contribution in [2.75, 3.05) is 6.54 Å². The lowest BCUT2D eigenvalue weighted by molar-refractivity contribution is -0.129.